The second kappa shape index (κ2) is 5.26. The largest absolute Gasteiger partial charge is 0.398 e. The highest BCUT2D eigenvalue weighted by atomic mass is 16.5. The zero-order chi connectivity index (χ0) is 14.0. The summed E-state index contributed by atoms with van der Waals surface area (Å²) in [6.45, 7) is 1.73. The Bertz CT molecular complexity index is 609. The number of anilines is 2. The van der Waals surface area contributed by atoms with E-state index in [1.165, 1.54) is 0 Å². The van der Waals surface area contributed by atoms with Gasteiger partial charge < -0.3 is 20.9 Å². The fourth-order valence-electron chi connectivity index (χ4n) is 2.56. The van der Waals surface area contributed by atoms with Crippen molar-refractivity contribution in [3.05, 3.63) is 30.6 Å². The van der Waals surface area contributed by atoms with Crippen LogP contribution in [-0.2, 0) is 4.74 Å². The highest BCUT2D eigenvalue weighted by Crippen LogP contribution is 2.28. The number of fused-ring (bicyclic) bond motifs is 1. The van der Waals surface area contributed by atoms with Crippen LogP contribution < -0.4 is 11.1 Å². The van der Waals surface area contributed by atoms with Crippen LogP contribution in [-0.4, -0.2) is 35.5 Å². The predicted octanol–water partition coefficient (Wildman–Crippen LogP) is 1.77. The fourth-order valence-corrected chi connectivity index (χ4v) is 2.56. The second-order valence-electron chi connectivity index (χ2n) is 5.31. The normalized spacial score (nSPS) is 18.1. The third-order valence-electron chi connectivity index (χ3n) is 3.88. The maximum atomic E-state index is 10.5. The van der Waals surface area contributed by atoms with E-state index < -0.39 is 5.60 Å². The van der Waals surface area contributed by atoms with E-state index in [9.17, 15) is 5.11 Å². The molecule has 0 unspecified atom stereocenters. The first-order chi connectivity index (χ1) is 9.68. The van der Waals surface area contributed by atoms with Crippen LogP contribution in [0.1, 0.15) is 12.8 Å². The van der Waals surface area contributed by atoms with Gasteiger partial charge in [-0.1, -0.05) is 0 Å². The molecule has 0 atom stereocenters. The molecule has 1 aromatic heterocycles. The highest BCUT2D eigenvalue weighted by molar-refractivity contribution is 6.00. The van der Waals surface area contributed by atoms with Crippen LogP contribution in [0, 0.1) is 0 Å². The molecule has 5 heteroatoms. The van der Waals surface area contributed by atoms with E-state index in [0.717, 1.165) is 22.1 Å². The average Bonchev–Trinajstić information content (AvgIpc) is 2.48. The molecular weight excluding hydrogens is 254 g/mol. The maximum absolute atomic E-state index is 10.5. The van der Waals surface area contributed by atoms with Gasteiger partial charge in [0.05, 0.1) is 5.60 Å². The third kappa shape index (κ3) is 2.55. The van der Waals surface area contributed by atoms with Crippen molar-refractivity contribution in [2.75, 3.05) is 30.8 Å². The number of nitrogens with one attached hydrogen (secondary N) is 1. The van der Waals surface area contributed by atoms with Crippen molar-refractivity contribution in [1.29, 1.82) is 0 Å². The standard InChI is InChI=1S/C15H19N3O2/c16-13-1-2-14(12-9-17-6-3-11(12)13)18-10-15(19)4-7-20-8-5-15/h1-3,6,9,18-19H,4-5,7-8,10,16H2. The predicted molar refractivity (Wildman–Crippen MR) is 79.6 cm³/mol. The summed E-state index contributed by atoms with van der Waals surface area (Å²) in [5, 5.41) is 15.8. The van der Waals surface area contributed by atoms with E-state index in [1.54, 1.807) is 12.4 Å². The van der Waals surface area contributed by atoms with Gasteiger partial charge in [0.1, 0.15) is 0 Å². The molecule has 2 aromatic rings. The quantitative estimate of drug-likeness (QED) is 0.743. The second-order valence-corrected chi connectivity index (χ2v) is 5.31. The maximum Gasteiger partial charge on any atom is 0.0863 e. The van der Waals surface area contributed by atoms with Crippen molar-refractivity contribution in [3.63, 3.8) is 0 Å². The Balaban J connectivity index is 1.82. The molecule has 3 rings (SSSR count). The summed E-state index contributed by atoms with van der Waals surface area (Å²) in [7, 11) is 0. The number of hydrogen-bond donors (Lipinski definition) is 3. The Morgan fingerprint density at radius 2 is 2.05 bits per heavy atom. The molecular formula is C15H19N3O2. The zero-order valence-electron chi connectivity index (χ0n) is 11.3. The summed E-state index contributed by atoms with van der Waals surface area (Å²) in [6.07, 6.45) is 4.84. The lowest BCUT2D eigenvalue weighted by Gasteiger charge is -2.32. The van der Waals surface area contributed by atoms with Gasteiger partial charge in [0.25, 0.3) is 0 Å². The van der Waals surface area contributed by atoms with Gasteiger partial charge >= 0.3 is 0 Å². The number of nitrogens with two attached hydrogens (primary N) is 1. The molecule has 1 aromatic carbocycles. The summed E-state index contributed by atoms with van der Waals surface area (Å²) >= 11 is 0. The first kappa shape index (κ1) is 13.1. The fraction of sp³-hybridized carbons (Fsp3) is 0.400. The number of nitrogens with zero attached hydrogens (tertiary/aromatic N) is 1. The minimum absolute atomic E-state index is 0.504. The SMILES string of the molecule is Nc1ccc(NCC2(O)CCOCC2)c2cnccc12. The van der Waals surface area contributed by atoms with Gasteiger partial charge in [0.15, 0.2) is 0 Å². The van der Waals surface area contributed by atoms with Crippen molar-refractivity contribution < 1.29 is 9.84 Å². The number of benzene rings is 1. The Hall–Kier alpha value is -1.85. The molecule has 0 saturated carbocycles. The van der Waals surface area contributed by atoms with Crippen LogP contribution in [0.4, 0.5) is 11.4 Å². The molecule has 0 amide bonds. The summed E-state index contributed by atoms with van der Waals surface area (Å²) in [6, 6.07) is 5.71. The monoisotopic (exact) mass is 273 g/mol. The number of aliphatic hydroxyl groups is 1. The van der Waals surface area contributed by atoms with E-state index in [1.807, 2.05) is 18.2 Å². The molecule has 106 valence electrons. The lowest BCUT2D eigenvalue weighted by molar-refractivity contribution is -0.0543. The topological polar surface area (TPSA) is 80.4 Å². The summed E-state index contributed by atoms with van der Waals surface area (Å²) in [4.78, 5) is 4.15. The molecule has 2 heterocycles. The van der Waals surface area contributed by atoms with Crippen molar-refractivity contribution in [2.24, 2.45) is 0 Å². The van der Waals surface area contributed by atoms with Crippen molar-refractivity contribution in [3.8, 4) is 0 Å². The number of hydrogen-bond acceptors (Lipinski definition) is 5. The number of aromatic nitrogens is 1. The van der Waals surface area contributed by atoms with E-state index in [2.05, 4.69) is 10.3 Å². The minimum atomic E-state index is -0.700. The molecule has 1 saturated heterocycles. The van der Waals surface area contributed by atoms with E-state index in [-0.39, 0.29) is 0 Å². The molecule has 5 nitrogen and oxygen atoms in total. The summed E-state index contributed by atoms with van der Waals surface area (Å²) in [5.74, 6) is 0. The molecule has 1 aliphatic rings. The molecule has 4 N–H and O–H groups in total. The summed E-state index contributed by atoms with van der Waals surface area (Å²) in [5.41, 5.74) is 6.95. The minimum Gasteiger partial charge on any atom is -0.398 e. The Morgan fingerprint density at radius 3 is 2.85 bits per heavy atom. The molecule has 0 radical (unpaired) electrons. The Morgan fingerprint density at radius 1 is 1.25 bits per heavy atom. The lowest BCUT2D eigenvalue weighted by Crippen LogP contribution is -2.42. The van der Waals surface area contributed by atoms with Crippen molar-refractivity contribution in [2.45, 2.75) is 18.4 Å². The zero-order valence-corrected chi connectivity index (χ0v) is 11.3. The van der Waals surface area contributed by atoms with Crippen LogP contribution >= 0.6 is 0 Å². The average molecular weight is 273 g/mol. The number of nitrogen functional groups attached to an aromatic ring is 1. The van der Waals surface area contributed by atoms with Gasteiger partial charge in [0, 0.05) is 67.1 Å². The van der Waals surface area contributed by atoms with E-state index >= 15 is 0 Å². The summed E-state index contributed by atoms with van der Waals surface area (Å²) < 4.78 is 5.29. The molecule has 1 aliphatic heterocycles. The number of rotatable bonds is 3. The first-order valence-electron chi connectivity index (χ1n) is 6.84. The third-order valence-corrected chi connectivity index (χ3v) is 3.88. The Labute approximate surface area is 117 Å². The van der Waals surface area contributed by atoms with Crippen molar-refractivity contribution >= 4 is 22.1 Å². The van der Waals surface area contributed by atoms with Gasteiger partial charge in [0.2, 0.25) is 0 Å². The molecule has 0 aliphatic carbocycles. The van der Waals surface area contributed by atoms with Crippen LogP contribution in [0.25, 0.3) is 10.8 Å². The van der Waals surface area contributed by atoms with Gasteiger partial charge in [-0.25, -0.2) is 0 Å². The van der Waals surface area contributed by atoms with Gasteiger partial charge in [-0.2, -0.15) is 0 Å². The number of pyridine rings is 1. The molecule has 20 heavy (non-hydrogen) atoms. The van der Waals surface area contributed by atoms with Crippen LogP contribution in [0.5, 0.6) is 0 Å². The van der Waals surface area contributed by atoms with Gasteiger partial charge in [-0.05, 0) is 18.2 Å². The van der Waals surface area contributed by atoms with E-state index in [0.29, 0.717) is 32.6 Å². The first-order valence-corrected chi connectivity index (χ1v) is 6.84. The van der Waals surface area contributed by atoms with E-state index in [4.69, 9.17) is 10.5 Å². The molecule has 0 bridgehead atoms. The Kier molecular flexibility index (Phi) is 3.46. The van der Waals surface area contributed by atoms with Gasteiger partial charge in [-0.3, -0.25) is 4.98 Å². The molecule has 1 fully saturated rings. The highest BCUT2D eigenvalue weighted by Gasteiger charge is 2.29. The van der Waals surface area contributed by atoms with Crippen molar-refractivity contribution in [1.82, 2.24) is 4.98 Å². The van der Waals surface area contributed by atoms with Gasteiger partial charge in [-0.15, -0.1) is 0 Å². The van der Waals surface area contributed by atoms with Crippen LogP contribution in [0.15, 0.2) is 30.6 Å². The lowest BCUT2D eigenvalue weighted by atomic mass is 9.94. The van der Waals surface area contributed by atoms with Crippen LogP contribution in [0.3, 0.4) is 0 Å². The number of ether oxygens (including phenoxy) is 1. The smallest absolute Gasteiger partial charge is 0.0863 e. The molecule has 0 spiro atoms. The van der Waals surface area contributed by atoms with Crippen LogP contribution in [0.2, 0.25) is 0 Å².